The van der Waals surface area contributed by atoms with Crippen LogP contribution in [-0.2, 0) is 4.79 Å². The molecule has 0 aromatic heterocycles. The molecule has 6 nitrogen and oxygen atoms in total. The zero-order valence-corrected chi connectivity index (χ0v) is 11.3. The molecule has 1 aliphatic rings. The Morgan fingerprint density at radius 2 is 2.26 bits per heavy atom. The van der Waals surface area contributed by atoms with Crippen LogP contribution in [0.3, 0.4) is 0 Å². The quantitative estimate of drug-likeness (QED) is 0.676. The van der Waals surface area contributed by atoms with Crippen LogP contribution in [0.25, 0.3) is 0 Å². The Morgan fingerprint density at radius 1 is 1.58 bits per heavy atom. The number of rotatable bonds is 3. The average molecular weight is 333 g/mol. The van der Waals surface area contributed by atoms with E-state index in [4.69, 9.17) is 5.11 Å². The third-order valence-electron chi connectivity index (χ3n) is 2.97. The molecule has 1 unspecified atom stereocenters. The predicted octanol–water partition coefficient (Wildman–Crippen LogP) is 1.84. The van der Waals surface area contributed by atoms with Crippen molar-refractivity contribution in [3.05, 3.63) is 32.5 Å². The maximum Gasteiger partial charge on any atom is 0.294 e. The summed E-state index contributed by atoms with van der Waals surface area (Å²) in [5, 5.41) is 20.0. The minimum absolute atomic E-state index is 0.0340. The van der Waals surface area contributed by atoms with Crippen molar-refractivity contribution in [3.8, 4) is 0 Å². The molecule has 1 atom stereocenters. The Morgan fingerprint density at radius 3 is 2.79 bits per heavy atom. The fraction of sp³-hybridized carbons (Fsp3) is 0.364. The number of carbonyl (C=O) groups excluding carboxylic acids is 1. The molecule has 1 N–H and O–H groups in total. The topological polar surface area (TPSA) is 83.7 Å². The lowest BCUT2D eigenvalue weighted by Crippen LogP contribution is -2.26. The molecule has 1 amide bonds. The van der Waals surface area contributed by atoms with Crippen molar-refractivity contribution in [3.63, 3.8) is 0 Å². The zero-order chi connectivity index (χ0) is 14.2. The third-order valence-corrected chi connectivity index (χ3v) is 3.58. The molecule has 0 radical (unpaired) electrons. The number of amides is 1. The molecule has 1 aliphatic heterocycles. The van der Waals surface area contributed by atoms with Gasteiger partial charge < -0.3 is 10.0 Å². The van der Waals surface area contributed by atoms with E-state index in [2.05, 4.69) is 15.9 Å². The molecule has 1 aromatic rings. The van der Waals surface area contributed by atoms with Gasteiger partial charge in [-0.1, -0.05) is 0 Å². The number of hydrogen-bond donors (Lipinski definition) is 1. The molecular formula is C11H10BrFN2O4. The van der Waals surface area contributed by atoms with E-state index < -0.39 is 10.7 Å². The highest BCUT2D eigenvalue weighted by Gasteiger charge is 2.34. The molecule has 8 heteroatoms. The van der Waals surface area contributed by atoms with Crippen LogP contribution in [0.4, 0.5) is 15.8 Å². The number of benzene rings is 1. The number of nitro benzene ring substituents is 1. The van der Waals surface area contributed by atoms with Gasteiger partial charge >= 0.3 is 0 Å². The van der Waals surface area contributed by atoms with Gasteiger partial charge in [0.25, 0.3) is 5.69 Å². The van der Waals surface area contributed by atoms with Gasteiger partial charge in [0.2, 0.25) is 5.91 Å². The largest absolute Gasteiger partial charge is 0.396 e. The molecule has 1 aromatic carbocycles. The molecule has 1 heterocycles. The van der Waals surface area contributed by atoms with Crippen LogP contribution in [0.1, 0.15) is 6.42 Å². The van der Waals surface area contributed by atoms with E-state index in [9.17, 15) is 19.3 Å². The summed E-state index contributed by atoms with van der Waals surface area (Å²) in [6, 6.07) is 1.99. The van der Waals surface area contributed by atoms with Crippen molar-refractivity contribution in [1.29, 1.82) is 0 Å². The van der Waals surface area contributed by atoms with Gasteiger partial charge in [-0.3, -0.25) is 14.9 Å². The van der Waals surface area contributed by atoms with Gasteiger partial charge in [0.1, 0.15) is 11.5 Å². The van der Waals surface area contributed by atoms with E-state index >= 15 is 0 Å². The number of nitro groups is 1. The molecule has 0 aliphatic carbocycles. The second-order valence-electron chi connectivity index (χ2n) is 4.27. The first-order valence-electron chi connectivity index (χ1n) is 5.48. The van der Waals surface area contributed by atoms with Gasteiger partial charge in [0.15, 0.2) is 0 Å². The number of aliphatic hydroxyl groups is 1. The van der Waals surface area contributed by atoms with Gasteiger partial charge in [-0.2, -0.15) is 0 Å². The van der Waals surface area contributed by atoms with Crippen LogP contribution in [-0.4, -0.2) is 29.1 Å². The van der Waals surface area contributed by atoms with Gasteiger partial charge in [0, 0.05) is 37.6 Å². The van der Waals surface area contributed by atoms with E-state index in [-0.39, 0.29) is 47.2 Å². The number of nitrogens with zero attached hydrogens (tertiary/aromatic N) is 2. The van der Waals surface area contributed by atoms with E-state index in [0.29, 0.717) is 0 Å². The highest BCUT2D eigenvalue weighted by molar-refractivity contribution is 9.10. The maximum absolute atomic E-state index is 13.5. The van der Waals surface area contributed by atoms with Gasteiger partial charge in [-0.15, -0.1) is 0 Å². The molecule has 0 saturated carbocycles. The molecule has 2 rings (SSSR count). The first kappa shape index (κ1) is 13.9. The van der Waals surface area contributed by atoms with Crippen molar-refractivity contribution >= 4 is 33.2 Å². The van der Waals surface area contributed by atoms with E-state index in [1.165, 1.54) is 0 Å². The molecule has 1 fully saturated rings. The molecular weight excluding hydrogens is 323 g/mol. The minimum atomic E-state index is -0.680. The summed E-state index contributed by atoms with van der Waals surface area (Å²) < 4.78 is 13.5. The van der Waals surface area contributed by atoms with Crippen LogP contribution in [0.15, 0.2) is 16.6 Å². The smallest absolute Gasteiger partial charge is 0.294 e. The van der Waals surface area contributed by atoms with Crippen molar-refractivity contribution in [2.24, 2.45) is 5.92 Å². The fourth-order valence-electron chi connectivity index (χ4n) is 2.02. The number of carbonyl (C=O) groups is 1. The number of aliphatic hydroxyl groups excluding tert-OH is 1. The molecule has 0 spiro atoms. The Hall–Kier alpha value is -1.54. The molecule has 1 saturated heterocycles. The SMILES string of the molecule is O=C1CC(CO)CN1c1cc(F)c(Br)cc1[N+](=O)[O-]. The van der Waals surface area contributed by atoms with Crippen molar-refractivity contribution in [2.75, 3.05) is 18.1 Å². The van der Waals surface area contributed by atoms with E-state index in [1.807, 2.05) is 0 Å². The first-order valence-corrected chi connectivity index (χ1v) is 6.28. The van der Waals surface area contributed by atoms with Crippen LogP contribution in [0.2, 0.25) is 0 Å². The first-order chi connectivity index (χ1) is 8.93. The van der Waals surface area contributed by atoms with Gasteiger partial charge in [-0.25, -0.2) is 4.39 Å². The summed E-state index contributed by atoms with van der Waals surface area (Å²) in [7, 11) is 0. The lowest BCUT2D eigenvalue weighted by molar-refractivity contribution is -0.384. The van der Waals surface area contributed by atoms with Crippen LogP contribution in [0, 0.1) is 21.8 Å². The average Bonchev–Trinajstić information content (AvgIpc) is 2.73. The Balaban J connectivity index is 2.47. The van der Waals surface area contributed by atoms with Crippen molar-refractivity contribution < 1.29 is 19.2 Å². The normalized spacial score (nSPS) is 19.0. The Bertz CT molecular complexity index is 552. The Kier molecular flexibility index (Phi) is 3.81. The highest BCUT2D eigenvalue weighted by Crippen LogP contribution is 2.36. The second-order valence-corrected chi connectivity index (χ2v) is 5.12. The predicted molar refractivity (Wildman–Crippen MR) is 68.3 cm³/mol. The summed E-state index contributed by atoms with van der Waals surface area (Å²) in [5.74, 6) is -1.32. The lowest BCUT2D eigenvalue weighted by Gasteiger charge is -2.16. The molecule has 0 bridgehead atoms. The van der Waals surface area contributed by atoms with Crippen molar-refractivity contribution in [2.45, 2.75) is 6.42 Å². The standard InChI is InChI=1S/C11H10BrFN2O4/c12-7-2-10(15(18)19)9(3-8(7)13)14-4-6(5-16)1-11(14)17/h2-3,6,16H,1,4-5H2. The fourth-order valence-corrected chi connectivity index (χ4v) is 2.36. The van der Waals surface area contributed by atoms with Gasteiger partial charge in [-0.05, 0) is 15.9 Å². The number of halogens is 2. The second kappa shape index (κ2) is 5.22. The monoisotopic (exact) mass is 332 g/mol. The van der Waals surface area contributed by atoms with E-state index in [0.717, 1.165) is 17.0 Å². The number of anilines is 1. The summed E-state index contributed by atoms with van der Waals surface area (Å²) >= 11 is 2.87. The molecule has 102 valence electrons. The Labute approximate surface area is 116 Å². The van der Waals surface area contributed by atoms with Crippen LogP contribution >= 0.6 is 15.9 Å². The highest BCUT2D eigenvalue weighted by atomic mass is 79.9. The minimum Gasteiger partial charge on any atom is -0.396 e. The summed E-state index contributed by atoms with van der Waals surface area (Å²) in [6.45, 7) is -0.0354. The lowest BCUT2D eigenvalue weighted by atomic mass is 10.1. The zero-order valence-electron chi connectivity index (χ0n) is 9.68. The maximum atomic E-state index is 13.5. The van der Waals surface area contributed by atoms with Crippen LogP contribution < -0.4 is 4.90 Å². The van der Waals surface area contributed by atoms with Gasteiger partial charge in [0.05, 0.1) is 9.40 Å². The number of hydrogen-bond acceptors (Lipinski definition) is 4. The molecule has 19 heavy (non-hydrogen) atoms. The summed E-state index contributed by atoms with van der Waals surface area (Å²) in [6.07, 6.45) is 0.103. The summed E-state index contributed by atoms with van der Waals surface area (Å²) in [4.78, 5) is 23.2. The van der Waals surface area contributed by atoms with Crippen LogP contribution in [0.5, 0.6) is 0 Å². The third kappa shape index (κ3) is 2.59. The van der Waals surface area contributed by atoms with E-state index in [1.54, 1.807) is 0 Å². The van der Waals surface area contributed by atoms with Crippen molar-refractivity contribution in [1.82, 2.24) is 0 Å². The summed E-state index contributed by atoms with van der Waals surface area (Å²) in [5.41, 5.74) is -0.424.